The van der Waals surface area contributed by atoms with E-state index in [1.54, 1.807) is 36.2 Å². The number of hydrogen-bond acceptors (Lipinski definition) is 4. The molecule has 1 heterocycles. The summed E-state index contributed by atoms with van der Waals surface area (Å²) in [6.07, 6.45) is 2.15. The molecule has 1 aliphatic heterocycles. The SMILES string of the molecule is CN(CCc1ccccc1)C(=O)c1ccc(CC[N+]2(C(N)=O)CCCNCC2)c(NC(=O)c2ccccc2)c1. The quantitative estimate of drug-likeness (QED) is 0.369. The van der Waals surface area contributed by atoms with E-state index in [1.165, 1.54) is 5.56 Å². The molecule has 1 saturated heterocycles. The standard InChI is InChI=1S/C31H37N5O3/c1-35(19-15-24-9-4-2-5-10-24)30(38)27-14-13-25(16-21-36(31(32)39)20-8-17-33-18-22-36)28(23-27)34-29(37)26-11-6-3-7-12-26/h2-7,9-14,23,33H,8,15-22H2,1H3,(H2-,32,34,37,39)/p+1. The number of benzene rings is 3. The largest absolute Gasteiger partial charge is 0.414 e. The molecule has 0 spiro atoms. The lowest BCUT2D eigenvalue weighted by Crippen LogP contribution is -2.58. The van der Waals surface area contributed by atoms with E-state index in [-0.39, 0.29) is 22.3 Å². The molecule has 4 amide bonds. The molecule has 0 aliphatic carbocycles. The lowest BCUT2D eigenvalue weighted by atomic mass is 10.0. The zero-order valence-corrected chi connectivity index (χ0v) is 22.6. The van der Waals surface area contributed by atoms with Crippen molar-refractivity contribution in [1.29, 1.82) is 0 Å². The van der Waals surface area contributed by atoms with Gasteiger partial charge in [0.05, 0.1) is 19.6 Å². The molecule has 0 aromatic heterocycles. The highest BCUT2D eigenvalue weighted by Gasteiger charge is 2.35. The fraction of sp³-hybridized carbons (Fsp3) is 0.323. The molecule has 1 aliphatic rings. The molecule has 0 radical (unpaired) electrons. The van der Waals surface area contributed by atoms with Crippen LogP contribution in [0.4, 0.5) is 10.5 Å². The number of urea groups is 1. The van der Waals surface area contributed by atoms with Gasteiger partial charge in [0, 0.05) is 56.3 Å². The van der Waals surface area contributed by atoms with Crippen molar-refractivity contribution in [3.05, 3.63) is 101 Å². The second kappa shape index (κ2) is 13.2. The van der Waals surface area contributed by atoms with Crippen molar-refractivity contribution >= 4 is 23.5 Å². The molecule has 3 aromatic rings. The first kappa shape index (κ1) is 28.0. The lowest BCUT2D eigenvalue weighted by molar-refractivity contribution is -0.847. The Bertz CT molecular complexity index is 1270. The van der Waals surface area contributed by atoms with Crippen molar-refractivity contribution < 1.29 is 18.9 Å². The Hall–Kier alpha value is -4.01. The number of anilines is 1. The van der Waals surface area contributed by atoms with Gasteiger partial charge in [-0.1, -0.05) is 54.6 Å². The zero-order chi connectivity index (χ0) is 27.7. The van der Waals surface area contributed by atoms with E-state index < -0.39 is 0 Å². The first-order chi connectivity index (χ1) is 18.9. The number of rotatable bonds is 9. The highest BCUT2D eigenvalue weighted by atomic mass is 16.2. The van der Waals surface area contributed by atoms with Crippen molar-refractivity contribution in [3.8, 4) is 0 Å². The summed E-state index contributed by atoms with van der Waals surface area (Å²) in [7, 11) is 1.79. The fourth-order valence-corrected chi connectivity index (χ4v) is 5.02. The van der Waals surface area contributed by atoms with Crippen LogP contribution in [-0.2, 0) is 12.8 Å². The summed E-state index contributed by atoms with van der Waals surface area (Å²) in [5, 5.41) is 6.35. The van der Waals surface area contributed by atoms with Gasteiger partial charge in [0.2, 0.25) is 0 Å². The van der Waals surface area contributed by atoms with E-state index in [9.17, 15) is 14.4 Å². The number of nitrogens with zero attached hydrogens (tertiary/aromatic N) is 2. The highest BCUT2D eigenvalue weighted by Crippen LogP contribution is 2.23. The number of carbonyl (C=O) groups is 3. The van der Waals surface area contributed by atoms with E-state index in [2.05, 4.69) is 10.6 Å². The van der Waals surface area contributed by atoms with E-state index in [0.29, 0.717) is 49.4 Å². The Morgan fingerprint density at radius 1 is 0.897 bits per heavy atom. The molecule has 4 N–H and O–H groups in total. The molecule has 4 rings (SSSR count). The summed E-state index contributed by atoms with van der Waals surface area (Å²) >= 11 is 0. The maximum absolute atomic E-state index is 13.3. The van der Waals surface area contributed by atoms with Gasteiger partial charge >= 0.3 is 6.03 Å². The second-order valence-electron chi connectivity index (χ2n) is 10.2. The third-order valence-corrected chi connectivity index (χ3v) is 7.50. The maximum atomic E-state index is 13.3. The fourth-order valence-electron chi connectivity index (χ4n) is 5.02. The van der Waals surface area contributed by atoms with E-state index in [4.69, 9.17) is 5.73 Å². The summed E-state index contributed by atoms with van der Waals surface area (Å²) in [5.74, 6) is -0.372. The first-order valence-corrected chi connectivity index (χ1v) is 13.5. The Morgan fingerprint density at radius 3 is 2.33 bits per heavy atom. The van der Waals surface area contributed by atoms with Crippen LogP contribution >= 0.6 is 0 Å². The normalized spacial score (nSPS) is 17.2. The number of nitrogens with one attached hydrogen (secondary N) is 2. The van der Waals surface area contributed by atoms with Crippen LogP contribution in [0.15, 0.2) is 78.9 Å². The zero-order valence-electron chi connectivity index (χ0n) is 22.6. The van der Waals surface area contributed by atoms with Crippen LogP contribution in [0.25, 0.3) is 0 Å². The minimum Gasteiger partial charge on any atom is -0.341 e. The van der Waals surface area contributed by atoms with Gasteiger partial charge in [0.1, 0.15) is 0 Å². The van der Waals surface area contributed by atoms with Gasteiger partial charge in [-0.15, -0.1) is 0 Å². The summed E-state index contributed by atoms with van der Waals surface area (Å²) in [6.45, 7) is 3.99. The molecule has 1 unspecified atom stereocenters. The number of primary amides is 1. The molecule has 8 nitrogen and oxygen atoms in total. The van der Waals surface area contributed by atoms with Crippen molar-refractivity contribution in [2.75, 3.05) is 51.6 Å². The molecule has 1 fully saturated rings. The van der Waals surface area contributed by atoms with Gasteiger partial charge in [-0.05, 0) is 41.8 Å². The smallest absolute Gasteiger partial charge is 0.341 e. The van der Waals surface area contributed by atoms with Crippen molar-refractivity contribution in [3.63, 3.8) is 0 Å². The molecule has 8 heteroatoms. The molecular formula is C31H38N5O3+. The minimum absolute atomic E-state index is 0.119. The number of quaternary nitrogens is 1. The minimum atomic E-state index is -0.333. The number of amides is 4. The van der Waals surface area contributed by atoms with Crippen LogP contribution in [-0.4, -0.2) is 73.5 Å². The molecule has 204 valence electrons. The Balaban J connectivity index is 1.55. The number of carbonyl (C=O) groups excluding carboxylic acids is 3. The molecule has 0 bridgehead atoms. The molecule has 0 saturated carbocycles. The third kappa shape index (κ3) is 7.31. The van der Waals surface area contributed by atoms with E-state index in [0.717, 1.165) is 31.5 Å². The van der Waals surface area contributed by atoms with Crippen LogP contribution < -0.4 is 16.4 Å². The van der Waals surface area contributed by atoms with E-state index in [1.807, 2.05) is 54.6 Å². The summed E-state index contributed by atoms with van der Waals surface area (Å²) in [4.78, 5) is 40.6. The summed E-state index contributed by atoms with van der Waals surface area (Å²) in [5.41, 5.74) is 9.50. The third-order valence-electron chi connectivity index (χ3n) is 7.50. The number of likely N-dealkylation sites (N-methyl/N-ethyl adjacent to an activating group) is 1. The summed E-state index contributed by atoms with van der Waals surface area (Å²) < 4.78 is 0.196. The Morgan fingerprint density at radius 2 is 1.62 bits per heavy atom. The van der Waals surface area contributed by atoms with Crippen LogP contribution in [0, 0.1) is 0 Å². The van der Waals surface area contributed by atoms with Crippen molar-refractivity contribution in [2.24, 2.45) is 5.73 Å². The monoisotopic (exact) mass is 528 g/mol. The lowest BCUT2D eigenvalue weighted by Gasteiger charge is -2.33. The van der Waals surface area contributed by atoms with Gasteiger partial charge in [-0.25, -0.2) is 9.28 Å². The Kier molecular flexibility index (Phi) is 9.46. The van der Waals surface area contributed by atoms with Crippen LogP contribution in [0.5, 0.6) is 0 Å². The molecule has 39 heavy (non-hydrogen) atoms. The van der Waals surface area contributed by atoms with Gasteiger partial charge < -0.3 is 21.3 Å². The maximum Gasteiger partial charge on any atom is 0.414 e. The van der Waals surface area contributed by atoms with Gasteiger partial charge in [0.15, 0.2) is 0 Å². The number of hydrogen-bond donors (Lipinski definition) is 3. The topological polar surface area (TPSA) is 105 Å². The van der Waals surface area contributed by atoms with Gasteiger partial charge in [-0.2, -0.15) is 0 Å². The molecular weight excluding hydrogens is 490 g/mol. The van der Waals surface area contributed by atoms with Gasteiger partial charge in [0.25, 0.3) is 11.8 Å². The predicted octanol–water partition coefficient (Wildman–Crippen LogP) is 3.68. The molecule has 1 atom stereocenters. The van der Waals surface area contributed by atoms with Crippen LogP contribution in [0.2, 0.25) is 0 Å². The second-order valence-corrected chi connectivity index (χ2v) is 10.2. The molecule has 3 aromatic carbocycles. The predicted molar refractivity (Wildman–Crippen MR) is 154 cm³/mol. The van der Waals surface area contributed by atoms with Gasteiger partial charge in [-0.3, -0.25) is 9.59 Å². The number of nitrogens with two attached hydrogens (primary N) is 1. The Labute approximate surface area is 230 Å². The summed E-state index contributed by atoms with van der Waals surface area (Å²) in [6, 6.07) is 24.1. The van der Waals surface area contributed by atoms with Crippen molar-refractivity contribution in [1.82, 2.24) is 10.2 Å². The van der Waals surface area contributed by atoms with Crippen LogP contribution in [0.1, 0.15) is 38.3 Å². The van der Waals surface area contributed by atoms with Crippen molar-refractivity contribution in [2.45, 2.75) is 19.3 Å². The first-order valence-electron chi connectivity index (χ1n) is 13.5. The van der Waals surface area contributed by atoms with E-state index >= 15 is 0 Å². The average Bonchev–Trinajstić information content (AvgIpc) is 3.22. The highest BCUT2D eigenvalue weighted by molar-refractivity contribution is 6.05. The van der Waals surface area contributed by atoms with Crippen LogP contribution in [0.3, 0.4) is 0 Å². The average molecular weight is 529 g/mol.